The van der Waals surface area contributed by atoms with Crippen LogP contribution in [0.5, 0.6) is 0 Å². The van der Waals surface area contributed by atoms with E-state index in [-0.39, 0.29) is 23.4 Å². The summed E-state index contributed by atoms with van der Waals surface area (Å²) in [7, 11) is 2.43. The molecule has 0 aliphatic rings. The summed E-state index contributed by atoms with van der Waals surface area (Å²) in [5.74, 6) is -1.16. The molecular weight excluding hydrogens is 204 g/mol. The summed E-state index contributed by atoms with van der Waals surface area (Å²) in [6.45, 7) is 0. The Hall–Kier alpha value is -0.580. The van der Waals surface area contributed by atoms with Crippen molar-refractivity contribution in [3.8, 4) is 0 Å². The van der Waals surface area contributed by atoms with Gasteiger partial charge in [0.05, 0.1) is 14.2 Å². The molecule has 10 heavy (non-hydrogen) atoms. The largest absolute Gasteiger partial charge is 0.469 e. The van der Waals surface area contributed by atoms with Crippen molar-refractivity contribution in [2.24, 2.45) is 0 Å². The maximum Gasteiger partial charge on any atom is 0.316 e. The van der Waals surface area contributed by atoms with E-state index in [4.69, 9.17) is 0 Å². The molecule has 4 nitrogen and oxygen atoms in total. The minimum atomic E-state index is -0.582. The van der Waals surface area contributed by atoms with Gasteiger partial charge in [-0.2, -0.15) is 0 Å². The van der Waals surface area contributed by atoms with Crippen LogP contribution in [0, 0.1) is 0 Å². The molecular formula is C5H9BrO4. The Morgan fingerprint density at radius 3 is 1.60 bits per heavy atom. The van der Waals surface area contributed by atoms with Crippen LogP contribution in [-0.4, -0.2) is 26.2 Å². The SMILES string of the molecule is Br.COC(=O)CC(=O)OC. The van der Waals surface area contributed by atoms with Crippen molar-refractivity contribution in [1.29, 1.82) is 0 Å². The lowest BCUT2D eigenvalue weighted by atomic mass is 10.4. The molecule has 0 saturated carbocycles. The Kier molecular flexibility index (Phi) is 7.93. The van der Waals surface area contributed by atoms with Crippen LogP contribution in [0.15, 0.2) is 0 Å². The number of hydrogen-bond acceptors (Lipinski definition) is 4. The summed E-state index contributed by atoms with van der Waals surface area (Å²) in [6.07, 6.45) is -0.312. The number of esters is 2. The fraction of sp³-hybridized carbons (Fsp3) is 0.600. The van der Waals surface area contributed by atoms with Crippen LogP contribution in [0.4, 0.5) is 0 Å². The Morgan fingerprint density at radius 2 is 1.40 bits per heavy atom. The van der Waals surface area contributed by atoms with Crippen molar-refractivity contribution in [2.75, 3.05) is 14.2 Å². The van der Waals surface area contributed by atoms with Gasteiger partial charge in [0.1, 0.15) is 6.42 Å². The molecule has 0 aromatic rings. The minimum Gasteiger partial charge on any atom is -0.469 e. The predicted molar refractivity (Wildman–Crippen MR) is 39.0 cm³/mol. The smallest absolute Gasteiger partial charge is 0.316 e. The number of methoxy groups -OCH3 is 2. The van der Waals surface area contributed by atoms with Gasteiger partial charge in [0.15, 0.2) is 0 Å². The van der Waals surface area contributed by atoms with Crippen LogP contribution in [0.3, 0.4) is 0 Å². The Morgan fingerprint density at radius 1 is 1.10 bits per heavy atom. The fourth-order valence-corrected chi connectivity index (χ4v) is 0.262. The van der Waals surface area contributed by atoms with E-state index in [0.29, 0.717) is 0 Å². The normalized spacial score (nSPS) is 7.40. The highest BCUT2D eigenvalue weighted by molar-refractivity contribution is 8.93. The van der Waals surface area contributed by atoms with E-state index in [0.717, 1.165) is 0 Å². The summed E-state index contributed by atoms with van der Waals surface area (Å²) >= 11 is 0. The average Bonchev–Trinajstić information content (AvgIpc) is 1.87. The number of carbonyl (C=O) groups excluding carboxylic acids is 2. The number of carbonyl (C=O) groups is 2. The summed E-state index contributed by atoms with van der Waals surface area (Å²) in [5, 5.41) is 0. The van der Waals surface area contributed by atoms with E-state index in [1.165, 1.54) is 14.2 Å². The predicted octanol–water partition coefficient (Wildman–Crippen LogP) is 0.300. The summed E-state index contributed by atoms with van der Waals surface area (Å²) in [5.41, 5.74) is 0. The molecule has 0 spiro atoms. The van der Waals surface area contributed by atoms with Gasteiger partial charge in [-0.15, -0.1) is 17.0 Å². The molecule has 0 radical (unpaired) electrons. The van der Waals surface area contributed by atoms with E-state index in [1.54, 1.807) is 0 Å². The highest BCUT2D eigenvalue weighted by atomic mass is 79.9. The van der Waals surface area contributed by atoms with Crippen LogP contribution in [0.2, 0.25) is 0 Å². The third-order valence-electron chi connectivity index (χ3n) is 0.744. The van der Waals surface area contributed by atoms with Crippen molar-refractivity contribution in [3.63, 3.8) is 0 Å². The number of ether oxygens (including phenoxy) is 2. The third-order valence-corrected chi connectivity index (χ3v) is 0.744. The molecule has 5 heteroatoms. The van der Waals surface area contributed by atoms with E-state index in [2.05, 4.69) is 9.47 Å². The van der Waals surface area contributed by atoms with E-state index < -0.39 is 11.9 Å². The fourth-order valence-electron chi connectivity index (χ4n) is 0.262. The molecule has 0 aromatic carbocycles. The van der Waals surface area contributed by atoms with Crippen LogP contribution < -0.4 is 0 Å². The van der Waals surface area contributed by atoms with Gasteiger partial charge in [-0.25, -0.2) is 0 Å². The lowest BCUT2D eigenvalue weighted by molar-refractivity contribution is -0.151. The minimum absolute atomic E-state index is 0. The maximum atomic E-state index is 10.3. The first-order chi connectivity index (χ1) is 4.20. The zero-order chi connectivity index (χ0) is 7.28. The van der Waals surface area contributed by atoms with Gasteiger partial charge >= 0.3 is 11.9 Å². The van der Waals surface area contributed by atoms with Crippen molar-refractivity contribution in [3.05, 3.63) is 0 Å². The first-order valence-corrected chi connectivity index (χ1v) is 2.34. The number of halogens is 1. The van der Waals surface area contributed by atoms with Crippen LogP contribution in [0.25, 0.3) is 0 Å². The van der Waals surface area contributed by atoms with Gasteiger partial charge in [-0.1, -0.05) is 0 Å². The molecule has 0 amide bonds. The van der Waals surface area contributed by atoms with Gasteiger partial charge in [0, 0.05) is 0 Å². The lowest BCUT2D eigenvalue weighted by Crippen LogP contribution is -2.09. The molecule has 60 valence electrons. The molecule has 0 rings (SSSR count). The van der Waals surface area contributed by atoms with E-state index >= 15 is 0 Å². The second-order valence-corrected chi connectivity index (χ2v) is 1.33. The van der Waals surface area contributed by atoms with Crippen molar-refractivity contribution in [1.82, 2.24) is 0 Å². The van der Waals surface area contributed by atoms with Gasteiger partial charge in [-0.05, 0) is 0 Å². The van der Waals surface area contributed by atoms with E-state index in [9.17, 15) is 9.59 Å². The van der Waals surface area contributed by atoms with Crippen LogP contribution in [-0.2, 0) is 19.1 Å². The quantitative estimate of drug-likeness (QED) is 0.489. The van der Waals surface area contributed by atoms with Gasteiger partial charge in [0.2, 0.25) is 0 Å². The highest BCUT2D eigenvalue weighted by Crippen LogP contribution is 1.85. The molecule has 0 heterocycles. The van der Waals surface area contributed by atoms with Crippen molar-refractivity contribution in [2.45, 2.75) is 6.42 Å². The Labute approximate surface area is 69.3 Å². The first kappa shape index (κ1) is 12.1. The molecule has 0 aromatic heterocycles. The average molecular weight is 213 g/mol. The number of rotatable bonds is 2. The topological polar surface area (TPSA) is 52.6 Å². The third kappa shape index (κ3) is 5.55. The Balaban J connectivity index is 0. The molecule has 0 saturated heterocycles. The molecule has 0 N–H and O–H groups in total. The molecule has 0 fully saturated rings. The van der Waals surface area contributed by atoms with Gasteiger partial charge in [0.25, 0.3) is 0 Å². The van der Waals surface area contributed by atoms with Gasteiger partial charge < -0.3 is 9.47 Å². The van der Waals surface area contributed by atoms with Gasteiger partial charge in [-0.3, -0.25) is 9.59 Å². The van der Waals surface area contributed by atoms with Crippen LogP contribution in [0.1, 0.15) is 6.42 Å². The lowest BCUT2D eigenvalue weighted by Gasteiger charge is -1.95. The first-order valence-electron chi connectivity index (χ1n) is 2.34. The summed E-state index contributed by atoms with van der Waals surface area (Å²) in [6, 6.07) is 0. The molecule has 0 atom stereocenters. The summed E-state index contributed by atoms with van der Waals surface area (Å²) < 4.78 is 8.37. The van der Waals surface area contributed by atoms with Crippen molar-refractivity contribution >= 4 is 28.9 Å². The summed E-state index contributed by atoms with van der Waals surface area (Å²) in [4.78, 5) is 20.5. The van der Waals surface area contributed by atoms with Crippen LogP contribution >= 0.6 is 17.0 Å². The number of hydrogen-bond donors (Lipinski definition) is 0. The zero-order valence-electron chi connectivity index (χ0n) is 5.75. The second kappa shape index (κ2) is 6.54. The Bertz CT molecular complexity index is 109. The highest BCUT2D eigenvalue weighted by Gasteiger charge is 2.07. The molecule has 0 aliphatic heterocycles. The monoisotopic (exact) mass is 212 g/mol. The zero-order valence-corrected chi connectivity index (χ0v) is 7.46. The standard InChI is InChI=1S/C5H8O4.BrH/c1-8-4(6)3-5(7)9-2;/h3H2,1-2H3;1H. The van der Waals surface area contributed by atoms with E-state index in [1.807, 2.05) is 0 Å². The molecule has 0 aliphatic carbocycles. The molecule has 0 bridgehead atoms. The molecule has 0 unspecified atom stereocenters. The second-order valence-electron chi connectivity index (χ2n) is 1.33. The maximum absolute atomic E-state index is 10.3. The van der Waals surface area contributed by atoms with Crippen molar-refractivity contribution < 1.29 is 19.1 Å².